The normalized spacial score (nSPS) is 14.0. The largest absolute Gasteiger partial charge is 0.350 e. The topological polar surface area (TPSA) is 90.5 Å². The summed E-state index contributed by atoms with van der Waals surface area (Å²) in [5.41, 5.74) is 2.00. The minimum Gasteiger partial charge on any atom is -0.350 e. The van der Waals surface area contributed by atoms with E-state index in [1.165, 1.54) is 4.90 Å². The van der Waals surface area contributed by atoms with Crippen LogP contribution in [0.5, 0.6) is 0 Å². The SMILES string of the molecule is C[C@H](NC(=O)N1CC(=O)Nc2ccccc21)C(=O)NCc1cccc(Cl)c1. The third kappa shape index (κ3) is 4.57. The summed E-state index contributed by atoms with van der Waals surface area (Å²) in [6.45, 7) is 1.77. The number of halogens is 1. The molecule has 1 heterocycles. The van der Waals surface area contributed by atoms with E-state index in [0.717, 1.165) is 5.56 Å². The van der Waals surface area contributed by atoms with E-state index in [4.69, 9.17) is 11.6 Å². The van der Waals surface area contributed by atoms with Crippen LogP contribution < -0.4 is 20.9 Å². The van der Waals surface area contributed by atoms with Crippen LogP contribution in [-0.4, -0.2) is 30.4 Å². The van der Waals surface area contributed by atoms with Gasteiger partial charge in [0.05, 0.1) is 11.4 Å². The van der Waals surface area contributed by atoms with Gasteiger partial charge in [-0.3, -0.25) is 14.5 Å². The highest BCUT2D eigenvalue weighted by atomic mass is 35.5. The van der Waals surface area contributed by atoms with Gasteiger partial charge in [-0.15, -0.1) is 0 Å². The maximum absolute atomic E-state index is 12.6. The fraction of sp³-hybridized carbons (Fsp3) is 0.211. The van der Waals surface area contributed by atoms with E-state index in [2.05, 4.69) is 16.0 Å². The van der Waals surface area contributed by atoms with Crippen LogP contribution in [-0.2, 0) is 16.1 Å². The third-order valence-electron chi connectivity index (χ3n) is 4.10. The molecule has 1 atom stereocenters. The van der Waals surface area contributed by atoms with Gasteiger partial charge in [0.1, 0.15) is 12.6 Å². The number of nitrogens with zero attached hydrogens (tertiary/aromatic N) is 1. The monoisotopic (exact) mass is 386 g/mol. The van der Waals surface area contributed by atoms with E-state index < -0.39 is 12.1 Å². The molecule has 7 nitrogen and oxygen atoms in total. The Balaban J connectivity index is 1.60. The number of hydrogen-bond acceptors (Lipinski definition) is 3. The second-order valence-corrected chi connectivity index (χ2v) is 6.61. The highest BCUT2D eigenvalue weighted by Gasteiger charge is 2.28. The summed E-state index contributed by atoms with van der Waals surface area (Å²) in [4.78, 5) is 38.0. The molecule has 140 valence electrons. The van der Waals surface area contributed by atoms with Crippen molar-refractivity contribution in [1.82, 2.24) is 10.6 Å². The fourth-order valence-corrected chi connectivity index (χ4v) is 2.95. The van der Waals surface area contributed by atoms with E-state index in [1.54, 1.807) is 49.4 Å². The second kappa shape index (κ2) is 8.09. The first-order chi connectivity index (χ1) is 12.9. The maximum Gasteiger partial charge on any atom is 0.323 e. The average Bonchev–Trinajstić information content (AvgIpc) is 2.65. The van der Waals surface area contributed by atoms with Crippen molar-refractivity contribution in [2.45, 2.75) is 19.5 Å². The van der Waals surface area contributed by atoms with Crippen LogP contribution in [0.4, 0.5) is 16.2 Å². The number of fused-ring (bicyclic) bond motifs is 1. The molecule has 2 aromatic carbocycles. The summed E-state index contributed by atoms with van der Waals surface area (Å²) in [6, 6.07) is 12.9. The van der Waals surface area contributed by atoms with Gasteiger partial charge in [-0.25, -0.2) is 4.79 Å². The van der Waals surface area contributed by atoms with Gasteiger partial charge < -0.3 is 16.0 Å². The molecule has 0 bridgehead atoms. The fourth-order valence-electron chi connectivity index (χ4n) is 2.73. The lowest BCUT2D eigenvalue weighted by Crippen LogP contribution is -2.52. The van der Waals surface area contributed by atoms with Crippen LogP contribution >= 0.6 is 11.6 Å². The van der Waals surface area contributed by atoms with Crippen LogP contribution in [0, 0.1) is 0 Å². The van der Waals surface area contributed by atoms with E-state index >= 15 is 0 Å². The number of amides is 4. The first-order valence-corrected chi connectivity index (χ1v) is 8.81. The van der Waals surface area contributed by atoms with Gasteiger partial charge in [0.25, 0.3) is 0 Å². The zero-order valence-corrected chi connectivity index (χ0v) is 15.4. The maximum atomic E-state index is 12.6. The number of hydrogen-bond donors (Lipinski definition) is 3. The molecule has 0 saturated carbocycles. The molecule has 4 amide bonds. The molecule has 0 aliphatic carbocycles. The van der Waals surface area contributed by atoms with Crippen molar-refractivity contribution in [3.05, 3.63) is 59.1 Å². The smallest absolute Gasteiger partial charge is 0.323 e. The lowest BCUT2D eigenvalue weighted by atomic mass is 10.2. The molecule has 0 unspecified atom stereocenters. The number of carbonyl (C=O) groups excluding carboxylic acids is 3. The number of urea groups is 1. The average molecular weight is 387 g/mol. The Morgan fingerprint density at radius 1 is 1.22 bits per heavy atom. The summed E-state index contributed by atoms with van der Waals surface area (Å²) in [5.74, 6) is -0.625. The summed E-state index contributed by atoms with van der Waals surface area (Å²) in [5, 5.41) is 8.68. The molecule has 0 fully saturated rings. The molecule has 8 heteroatoms. The van der Waals surface area contributed by atoms with Crippen LogP contribution in [0.15, 0.2) is 48.5 Å². The second-order valence-electron chi connectivity index (χ2n) is 6.17. The Morgan fingerprint density at radius 2 is 2.00 bits per heavy atom. The van der Waals surface area contributed by atoms with Crippen molar-refractivity contribution in [2.75, 3.05) is 16.8 Å². The van der Waals surface area contributed by atoms with Gasteiger partial charge in [0.15, 0.2) is 0 Å². The Kier molecular flexibility index (Phi) is 5.61. The number of carbonyl (C=O) groups is 3. The van der Waals surface area contributed by atoms with Gasteiger partial charge >= 0.3 is 6.03 Å². The first kappa shape index (κ1) is 18.7. The lowest BCUT2D eigenvalue weighted by molar-refractivity contribution is -0.122. The van der Waals surface area contributed by atoms with Gasteiger partial charge in [-0.2, -0.15) is 0 Å². The molecular weight excluding hydrogens is 368 g/mol. The van der Waals surface area contributed by atoms with E-state index in [-0.39, 0.29) is 18.4 Å². The van der Waals surface area contributed by atoms with E-state index in [1.807, 2.05) is 6.07 Å². The Hall–Kier alpha value is -3.06. The first-order valence-electron chi connectivity index (χ1n) is 8.43. The molecular formula is C19H19ClN4O3. The van der Waals surface area contributed by atoms with Crippen LogP contribution in [0.3, 0.4) is 0 Å². The number of rotatable bonds is 4. The van der Waals surface area contributed by atoms with Gasteiger partial charge in [-0.1, -0.05) is 35.9 Å². The Bertz CT molecular complexity index is 887. The lowest BCUT2D eigenvalue weighted by Gasteiger charge is -2.30. The molecule has 1 aliphatic rings. The quantitative estimate of drug-likeness (QED) is 0.754. The van der Waals surface area contributed by atoms with Crippen molar-refractivity contribution in [1.29, 1.82) is 0 Å². The molecule has 0 spiro atoms. The van der Waals surface area contributed by atoms with Crippen LogP contribution in [0.25, 0.3) is 0 Å². The van der Waals surface area contributed by atoms with E-state index in [9.17, 15) is 14.4 Å². The van der Waals surface area contributed by atoms with Crippen molar-refractivity contribution in [3.63, 3.8) is 0 Å². The summed E-state index contributed by atoms with van der Waals surface area (Å²) >= 11 is 5.92. The zero-order chi connectivity index (χ0) is 19.4. The highest BCUT2D eigenvalue weighted by molar-refractivity contribution is 6.30. The Morgan fingerprint density at radius 3 is 2.78 bits per heavy atom. The summed E-state index contributed by atoms with van der Waals surface area (Å²) in [7, 11) is 0. The molecule has 0 aromatic heterocycles. The highest BCUT2D eigenvalue weighted by Crippen LogP contribution is 2.28. The minimum absolute atomic E-state index is 0.111. The minimum atomic E-state index is -0.770. The standard InChI is InChI=1S/C19H19ClN4O3/c1-12(18(26)21-10-13-5-4-6-14(20)9-13)22-19(27)24-11-17(25)23-15-7-2-3-8-16(15)24/h2-9,12H,10-11H2,1H3,(H,21,26)(H,22,27)(H,23,25)/t12-/m0/s1. The van der Waals surface area contributed by atoms with Crippen LogP contribution in [0.1, 0.15) is 12.5 Å². The number of benzene rings is 2. The Labute approximate surface area is 161 Å². The number of para-hydroxylation sites is 2. The summed E-state index contributed by atoms with van der Waals surface area (Å²) < 4.78 is 0. The molecule has 27 heavy (non-hydrogen) atoms. The predicted molar refractivity (Wildman–Crippen MR) is 104 cm³/mol. The zero-order valence-electron chi connectivity index (χ0n) is 14.7. The number of anilines is 2. The predicted octanol–water partition coefficient (Wildman–Crippen LogP) is 2.51. The van der Waals surface area contributed by atoms with Crippen molar-refractivity contribution in [3.8, 4) is 0 Å². The van der Waals surface area contributed by atoms with Crippen molar-refractivity contribution in [2.24, 2.45) is 0 Å². The molecule has 0 radical (unpaired) electrons. The van der Waals surface area contributed by atoms with Gasteiger partial charge in [0.2, 0.25) is 11.8 Å². The van der Waals surface area contributed by atoms with E-state index in [0.29, 0.717) is 22.9 Å². The molecule has 2 aromatic rings. The van der Waals surface area contributed by atoms with Crippen molar-refractivity contribution >= 4 is 40.8 Å². The summed E-state index contributed by atoms with van der Waals surface area (Å²) in [6.07, 6.45) is 0. The third-order valence-corrected chi connectivity index (χ3v) is 4.34. The molecule has 0 saturated heterocycles. The molecule has 3 N–H and O–H groups in total. The van der Waals surface area contributed by atoms with Gasteiger partial charge in [-0.05, 0) is 36.8 Å². The number of nitrogens with one attached hydrogen (secondary N) is 3. The molecule has 1 aliphatic heterocycles. The van der Waals surface area contributed by atoms with Gasteiger partial charge in [0, 0.05) is 11.6 Å². The van der Waals surface area contributed by atoms with Crippen LogP contribution in [0.2, 0.25) is 5.02 Å². The van der Waals surface area contributed by atoms with Crippen molar-refractivity contribution < 1.29 is 14.4 Å². The molecule has 3 rings (SSSR count).